The minimum absolute atomic E-state index is 0.121. The molecule has 2 nitrogen and oxygen atoms in total. The van der Waals surface area contributed by atoms with Crippen molar-refractivity contribution < 1.29 is 0 Å². The van der Waals surface area contributed by atoms with E-state index in [0.29, 0.717) is 6.04 Å². The molecule has 2 rings (SSSR count). The highest BCUT2D eigenvalue weighted by molar-refractivity contribution is 5.49. The molecule has 1 aromatic rings. The second-order valence-corrected chi connectivity index (χ2v) is 6.09. The first kappa shape index (κ1) is 13.4. The molecule has 1 fully saturated rings. The third kappa shape index (κ3) is 2.69. The fourth-order valence-corrected chi connectivity index (χ4v) is 3.03. The van der Waals surface area contributed by atoms with Crippen LogP contribution in [0.25, 0.3) is 0 Å². The van der Waals surface area contributed by atoms with Crippen molar-refractivity contribution in [1.29, 1.82) is 0 Å². The lowest BCUT2D eigenvalue weighted by atomic mass is 9.85. The number of hydrogen-bond donors (Lipinski definition) is 1. The van der Waals surface area contributed by atoms with Crippen LogP contribution in [-0.4, -0.2) is 12.6 Å². The van der Waals surface area contributed by atoms with Crippen molar-refractivity contribution in [3.63, 3.8) is 0 Å². The summed E-state index contributed by atoms with van der Waals surface area (Å²) in [7, 11) is 0. The summed E-state index contributed by atoms with van der Waals surface area (Å²) in [5.74, 6) is 1.55. The van der Waals surface area contributed by atoms with Crippen LogP contribution in [0.3, 0.4) is 0 Å². The van der Waals surface area contributed by atoms with E-state index in [1.54, 1.807) is 0 Å². The summed E-state index contributed by atoms with van der Waals surface area (Å²) in [6.45, 7) is 10.3. The molecule has 1 saturated heterocycles. The number of anilines is 1. The van der Waals surface area contributed by atoms with Crippen molar-refractivity contribution in [2.75, 3.05) is 11.4 Å². The van der Waals surface area contributed by atoms with Crippen LogP contribution in [-0.2, 0) is 0 Å². The van der Waals surface area contributed by atoms with E-state index in [-0.39, 0.29) is 6.04 Å². The van der Waals surface area contributed by atoms with Gasteiger partial charge in [-0.05, 0) is 49.8 Å². The van der Waals surface area contributed by atoms with E-state index in [4.69, 9.17) is 5.73 Å². The maximum absolute atomic E-state index is 5.90. The van der Waals surface area contributed by atoms with E-state index in [1.165, 1.54) is 24.2 Å². The summed E-state index contributed by atoms with van der Waals surface area (Å²) in [6.07, 6.45) is 1.34. The highest BCUT2D eigenvalue weighted by atomic mass is 15.2. The van der Waals surface area contributed by atoms with Gasteiger partial charge in [-0.2, -0.15) is 0 Å². The van der Waals surface area contributed by atoms with Gasteiger partial charge in [0.05, 0.1) is 0 Å². The molecule has 2 heteroatoms. The second kappa shape index (κ2) is 5.31. The molecule has 1 aliphatic heterocycles. The molecule has 1 aliphatic rings. The van der Waals surface area contributed by atoms with Gasteiger partial charge in [0.15, 0.2) is 0 Å². The standard InChI is InChI=1S/C16H26N2/c1-11-9-12(2)14(4)18(10-11)16-7-5-15(6-8-16)13(3)17/h5-8,11-14H,9-10,17H2,1-4H3/t11?,12?,13-,14?/m1/s1. The average molecular weight is 246 g/mol. The van der Waals surface area contributed by atoms with Crippen LogP contribution >= 0.6 is 0 Å². The maximum Gasteiger partial charge on any atom is 0.0369 e. The molecular weight excluding hydrogens is 220 g/mol. The first-order valence-electron chi connectivity index (χ1n) is 7.11. The zero-order valence-electron chi connectivity index (χ0n) is 12.1. The van der Waals surface area contributed by atoms with Crippen molar-refractivity contribution in [1.82, 2.24) is 0 Å². The highest BCUT2D eigenvalue weighted by Gasteiger charge is 2.28. The Morgan fingerprint density at radius 2 is 1.78 bits per heavy atom. The van der Waals surface area contributed by atoms with Crippen molar-refractivity contribution in [2.24, 2.45) is 17.6 Å². The minimum atomic E-state index is 0.121. The van der Waals surface area contributed by atoms with Crippen LogP contribution < -0.4 is 10.6 Å². The Kier molecular flexibility index (Phi) is 3.96. The van der Waals surface area contributed by atoms with E-state index in [9.17, 15) is 0 Å². The normalized spacial score (nSPS) is 30.3. The van der Waals surface area contributed by atoms with Gasteiger partial charge in [0.25, 0.3) is 0 Å². The molecule has 0 saturated carbocycles. The number of nitrogens with two attached hydrogens (primary N) is 1. The third-order valence-corrected chi connectivity index (χ3v) is 4.35. The summed E-state index contributed by atoms with van der Waals surface area (Å²) in [6, 6.07) is 9.52. The molecule has 0 aliphatic carbocycles. The van der Waals surface area contributed by atoms with Gasteiger partial charge in [-0.25, -0.2) is 0 Å². The number of benzene rings is 1. The number of hydrogen-bond acceptors (Lipinski definition) is 2. The van der Waals surface area contributed by atoms with Gasteiger partial charge in [-0.1, -0.05) is 26.0 Å². The summed E-state index contributed by atoms with van der Waals surface area (Å²) < 4.78 is 0. The fourth-order valence-electron chi connectivity index (χ4n) is 3.03. The van der Waals surface area contributed by atoms with E-state index in [1.807, 2.05) is 6.92 Å². The van der Waals surface area contributed by atoms with E-state index in [2.05, 4.69) is 49.9 Å². The molecule has 1 aromatic carbocycles. The van der Waals surface area contributed by atoms with Crippen LogP contribution in [0.4, 0.5) is 5.69 Å². The lowest BCUT2D eigenvalue weighted by molar-refractivity contribution is 0.297. The molecule has 100 valence electrons. The SMILES string of the molecule is CC1CC(C)C(C)N(c2ccc([C@@H](C)N)cc2)C1. The topological polar surface area (TPSA) is 29.3 Å². The number of rotatable bonds is 2. The minimum Gasteiger partial charge on any atom is -0.368 e. The lowest BCUT2D eigenvalue weighted by Crippen LogP contribution is -2.45. The Morgan fingerprint density at radius 1 is 1.17 bits per heavy atom. The molecule has 0 aromatic heterocycles. The zero-order chi connectivity index (χ0) is 13.3. The molecular formula is C16H26N2. The van der Waals surface area contributed by atoms with E-state index in [0.717, 1.165) is 11.8 Å². The average Bonchev–Trinajstić information content (AvgIpc) is 2.34. The van der Waals surface area contributed by atoms with Crippen LogP contribution in [0, 0.1) is 11.8 Å². The predicted octanol–water partition coefficient (Wildman–Crippen LogP) is 3.58. The van der Waals surface area contributed by atoms with Crippen molar-refractivity contribution in [2.45, 2.75) is 46.2 Å². The maximum atomic E-state index is 5.90. The number of nitrogens with zero attached hydrogens (tertiary/aromatic N) is 1. The zero-order valence-corrected chi connectivity index (χ0v) is 12.1. The Balaban J connectivity index is 2.19. The quantitative estimate of drug-likeness (QED) is 0.864. The van der Waals surface area contributed by atoms with Gasteiger partial charge < -0.3 is 10.6 Å². The summed E-state index contributed by atoms with van der Waals surface area (Å²) in [4.78, 5) is 2.55. The van der Waals surface area contributed by atoms with Crippen LogP contribution in [0.1, 0.15) is 45.7 Å². The van der Waals surface area contributed by atoms with E-state index < -0.39 is 0 Å². The molecule has 0 bridgehead atoms. The van der Waals surface area contributed by atoms with Crippen molar-refractivity contribution in [3.8, 4) is 0 Å². The van der Waals surface area contributed by atoms with Gasteiger partial charge in [0.1, 0.15) is 0 Å². The molecule has 0 spiro atoms. The fraction of sp³-hybridized carbons (Fsp3) is 0.625. The first-order chi connectivity index (χ1) is 8.49. The molecule has 0 radical (unpaired) electrons. The monoisotopic (exact) mass is 246 g/mol. The summed E-state index contributed by atoms with van der Waals surface area (Å²) in [5.41, 5.74) is 8.45. The van der Waals surface area contributed by atoms with Crippen molar-refractivity contribution >= 4 is 5.69 Å². The van der Waals surface area contributed by atoms with Crippen LogP contribution in [0.2, 0.25) is 0 Å². The first-order valence-corrected chi connectivity index (χ1v) is 7.11. The highest BCUT2D eigenvalue weighted by Crippen LogP contribution is 2.31. The Morgan fingerprint density at radius 3 is 2.33 bits per heavy atom. The molecule has 3 unspecified atom stereocenters. The number of piperidine rings is 1. The molecule has 4 atom stereocenters. The molecule has 2 N–H and O–H groups in total. The van der Waals surface area contributed by atoms with Gasteiger partial charge in [-0.3, -0.25) is 0 Å². The summed E-state index contributed by atoms with van der Waals surface area (Å²) >= 11 is 0. The van der Waals surface area contributed by atoms with Crippen LogP contribution in [0.15, 0.2) is 24.3 Å². The smallest absolute Gasteiger partial charge is 0.0369 e. The van der Waals surface area contributed by atoms with Gasteiger partial charge >= 0.3 is 0 Å². The Labute approximate surface area is 111 Å². The molecule has 18 heavy (non-hydrogen) atoms. The van der Waals surface area contributed by atoms with Gasteiger partial charge in [0, 0.05) is 24.3 Å². The Bertz CT molecular complexity index is 383. The largest absolute Gasteiger partial charge is 0.368 e. The van der Waals surface area contributed by atoms with Crippen molar-refractivity contribution in [3.05, 3.63) is 29.8 Å². The van der Waals surface area contributed by atoms with E-state index >= 15 is 0 Å². The van der Waals surface area contributed by atoms with Gasteiger partial charge in [0.2, 0.25) is 0 Å². The molecule has 0 amide bonds. The molecule has 1 heterocycles. The second-order valence-electron chi connectivity index (χ2n) is 6.09. The predicted molar refractivity (Wildman–Crippen MR) is 78.8 cm³/mol. The third-order valence-electron chi connectivity index (χ3n) is 4.35. The summed E-state index contributed by atoms with van der Waals surface area (Å²) in [5, 5.41) is 0. The van der Waals surface area contributed by atoms with Crippen LogP contribution in [0.5, 0.6) is 0 Å². The lowest BCUT2D eigenvalue weighted by Gasteiger charge is -2.42. The van der Waals surface area contributed by atoms with Gasteiger partial charge in [-0.15, -0.1) is 0 Å². The Hall–Kier alpha value is -1.02.